The molecule has 120 valence electrons. The number of ether oxygens (including phenoxy) is 1. The lowest BCUT2D eigenvalue weighted by Crippen LogP contribution is -2.03. The summed E-state index contributed by atoms with van der Waals surface area (Å²) in [6, 6.07) is 6.99. The van der Waals surface area contributed by atoms with Gasteiger partial charge in [-0.3, -0.25) is 4.79 Å². The van der Waals surface area contributed by atoms with Crippen LogP contribution < -0.4 is 4.74 Å². The van der Waals surface area contributed by atoms with Crippen LogP contribution in [0.2, 0.25) is 5.02 Å². The van der Waals surface area contributed by atoms with Crippen molar-refractivity contribution in [3.8, 4) is 17.2 Å². The number of hydrogen-bond donors (Lipinski definition) is 2. The molecule has 0 unspecified atom stereocenters. The van der Waals surface area contributed by atoms with Gasteiger partial charge in [-0.15, -0.1) is 0 Å². The van der Waals surface area contributed by atoms with E-state index < -0.39 is 5.78 Å². The second kappa shape index (κ2) is 6.75. The van der Waals surface area contributed by atoms with Gasteiger partial charge in [0.2, 0.25) is 0 Å². The van der Waals surface area contributed by atoms with E-state index in [9.17, 15) is 15.0 Å². The minimum Gasteiger partial charge on any atom is -0.507 e. The highest BCUT2D eigenvalue weighted by atomic mass is 35.5. The summed E-state index contributed by atoms with van der Waals surface area (Å²) >= 11 is 5.82. The van der Waals surface area contributed by atoms with E-state index in [2.05, 4.69) is 0 Å². The number of halogens is 1. The van der Waals surface area contributed by atoms with Crippen molar-refractivity contribution in [2.45, 2.75) is 13.8 Å². The molecule has 23 heavy (non-hydrogen) atoms. The maximum Gasteiger partial charge on any atom is 0.193 e. The van der Waals surface area contributed by atoms with E-state index in [-0.39, 0.29) is 28.4 Å². The van der Waals surface area contributed by atoms with Crippen molar-refractivity contribution in [1.82, 2.24) is 0 Å². The zero-order valence-electron chi connectivity index (χ0n) is 13.1. The lowest BCUT2D eigenvalue weighted by molar-refractivity contribution is 0.104. The number of methoxy groups -OCH3 is 1. The minimum absolute atomic E-state index is 0.0329. The zero-order chi connectivity index (χ0) is 17.1. The van der Waals surface area contributed by atoms with Crippen LogP contribution in [0, 0.1) is 13.8 Å². The number of allylic oxidation sites excluding steroid dienone is 1. The van der Waals surface area contributed by atoms with Crippen LogP contribution in [0.4, 0.5) is 0 Å². The molecule has 2 aromatic rings. The van der Waals surface area contributed by atoms with Crippen molar-refractivity contribution in [2.24, 2.45) is 0 Å². The maximum atomic E-state index is 12.5. The number of phenols is 2. The van der Waals surface area contributed by atoms with Crippen molar-refractivity contribution in [3.05, 3.63) is 57.6 Å². The minimum atomic E-state index is -0.416. The molecule has 0 aliphatic heterocycles. The fraction of sp³-hybridized carbons (Fsp3) is 0.167. The second-order valence-electron chi connectivity index (χ2n) is 5.10. The summed E-state index contributed by atoms with van der Waals surface area (Å²) in [5, 5.41) is 20.8. The summed E-state index contributed by atoms with van der Waals surface area (Å²) in [7, 11) is 1.39. The predicted octanol–water partition coefficient (Wildman–Crippen LogP) is 4.27. The lowest BCUT2D eigenvalue weighted by Gasteiger charge is -2.15. The van der Waals surface area contributed by atoms with Crippen LogP contribution in [0.5, 0.6) is 17.2 Å². The number of phenolic OH excluding ortho intramolecular Hbond substituents is 2. The van der Waals surface area contributed by atoms with Crippen LogP contribution in [0.1, 0.15) is 27.0 Å². The summed E-state index contributed by atoms with van der Waals surface area (Å²) in [6.45, 7) is 3.16. The van der Waals surface area contributed by atoms with E-state index >= 15 is 0 Å². The largest absolute Gasteiger partial charge is 0.507 e. The number of carbonyl (C=O) groups excluding carboxylic acids is 1. The first-order chi connectivity index (χ1) is 10.9. The van der Waals surface area contributed by atoms with Crippen LogP contribution >= 0.6 is 11.6 Å². The van der Waals surface area contributed by atoms with Gasteiger partial charge in [-0.05, 0) is 37.6 Å². The molecule has 0 spiro atoms. The Hall–Kier alpha value is -2.46. The Bertz CT molecular complexity index is 777. The van der Waals surface area contributed by atoms with E-state index in [0.717, 1.165) is 5.56 Å². The topological polar surface area (TPSA) is 66.8 Å². The summed E-state index contributed by atoms with van der Waals surface area (Å²) in [5.41, 5.74) is 1.48. The molecular weight excluding hydrogens is 316 g/mol. The standard InChI is InChI=1S/C18H17ClO4/c1-10-16(21)11(2)18(23-3)15(17(10)22)14(20)9-6-12-4-7-13(19)8-5-12/h4-9,21-22H,1-3H3/b9-6+. The first kappa shape index (κ1) is 16.9. The van der Waals surface area contributed by atoms with Crippen molar-refractivity contribution in [3.63, 3.8) is 0 Å². The first-order valence-electron chi connectivity index (χ1n) is 6.93. The Balaban J connectivity index is 2.45. The van der Waals surface area contributed by atoms with Crippen LogP contribution in [0.15, 0.2) is 30.3 Å². The van der Waals surface area contributed by atoms with Crippen LogP contribution in [-0.4, -0.2) is 23.1 Å². The average molecular weight is 333 g/mol. The Morgan fingerprint density at radius 3 is 2.26 bits per heavy atom. The molecule has 0 bridgehead atoms. The van der Waals surface area contributed by atoms with Crippen molar-refractivity contribution < 1.29 is 19.7 Å². The lowest BCUT2D eigenvalue weighted by atomic mass is 9.98. The van der Waals surface area contributed by atoms with Gasteiger partial charge in [0.15, 0.2) is 5.78 Å². The van der Waals surface area contributed by atoms with E-state index in [1.165, 1.54) is 20.1 Å². The molecule has 0 atom stereocenters. The van der Waals surface area contributed by atoms with E-state index in [4.69, 9.17) is 16.3 Å². The number of hydrogen-bond acceptors (Lipinski definition) is 4. The zero-order valence-corrected chi connectivity index (χ0v) is 13.8. The molecule has 0 saturated heterocycles. The van der Waals surface area contributed by atoms with Gasteiger partial charge in [-0.2, -0.15) is 0 Å². The highest BCUT2D eigenvalue weighted by Gasteiger charge is 2.23. The Labute approximate surface area is 139 Å². The van der Waals surface area contributed by atoms with Gasteiger partial charge in [-0.1, -0.05) is 29.8 Å². The number of benzene rings is 2. The first-order valence-corrected chi connectivity index (χ1v) is 7.31. The molecule has 0 aliphatic rings. The normalized spacial score (nSPS) is 11.0. The van der Waals surface area contributed by atoms with Crippen molar-refractivity contribution in [2.75, 3.05) is 7.11 Å². The summed E-state index contributed by atoms with van der Waals surface area (Å²) < 4.78 is 5.19. The van der Waals surface area contributed by atoms with Gasteiger partial charge in [-0.25, -0.2) is 0 Å². The third-order valence-corrected chi connectivity index (χ3v) is 3.87. The molecule has 2 rings (SSSR count). The molecule has 0 aromatic heterocycles. The predicted molar refractivity (Wildman–Crippen MR) is 90.6 cm³/mol. The fourth-order valence-corrected chi connectivity index (χ4v) is 2.42. The smallest absolute Gasteiger partial charge is 0.193 e. The van der Waals surface area contributed by atoms with E-state index in [0.29, 0.717) is 10.6 Å². The molecule has 0 saturated carbocycles. The maximum absolute atomic E-state index is 12.5. The third kappa shape index (κ3) is 3.32. The summed E-state index contributed by atoms with van der Waals surface area (Å²) in [6.07, 6.45) is 2.96. The van der Waals surface area contributed by atoms with Crippen LogP contribution in [0.3, 0.4) is 0 Å². The molecular formula is C18H17ClO4. The van der Waals surface area contributed by atoms with Crippen LogP contribution in [0.25, 0.3) is 6.08 Å². The van der Waals surface area contributed by atoms with Crippen molar-refractivity contribution >= 4 is 23.5 Å². The van der Waals surface area contributed by atoms with Gasteiger partial charge in [0.25, 0.3) is 0 Å². The van der Waals surface area contributed by atoms with Gasteiger partial charge in [0.1, 0.15) is 22.8 Å². The summed E-state index contributed by atoms with van der Waals surface area (Å²) in [4.78, 5) is 12.5. The molecule has 0 amide bonds. The van der Waals surface area contributed by atoms with E-state index in [1.54, 1.807) is 37.3 Å². The van der Waals surface area contributed by atoms with Gasteiger partial charge >= 0.3 is 0 Å². The SMILES string of the molecule is COc1c(C)c(O)c(C)c(O)c1C(=O)/C=C/c1ccc(Cl)cc1. The molecule has 0 aliphatic carbocycles. The number of rotatable bonds is 4. The third-order valence-electron chi connectivity index (χ3n) is 3.62. The number of aromatic hydroxyl groups is 2. The Kier molecular flexibility index (Phi) is 4.96. The molecule has 0 radical (unpaired) electrons. The fourth-order valence-electron chi connectivity index (χ4n) is 2.30. The van der Waals surface area contributed by atoms with E-state index in [1.807, 2.05) is 0 Å². The number of carbonyl (C=O) groups is 1. The van der Waals surface area contributed by atoms with Gasteiger partial charge in [0.05, 0.1) is 7.11 Å². The average Bonchev–Trinajstić information content (AvgIpc) is 2.55. The highest BCUT2D eigenvalue weighted by Crippen LogP contribution is 2.41. The molecule has 2 aromatic carbocycles. The molecule has 5 heteroatoms. The molecule has 0 fully saturated rings. The number of ketones is 1. The Morgan fingerprint density at radius 1 is 1.09 bits per heavy atom. The van der Waals surface area contributed by atoms with Crippen molar-refractivity contribution in [1.29, 1.82) is 0 Å². The second-order valence-corrected chi connectivity index (χ2v) is 5.54. The summed E-state index contributed by atoms with van der Waals surface area (Å²) in [5.74, 6) is -0.620. The quantitative estimate of drug-likeness (QED) is 0.648. The molecule has 2 N–H and O–H groups in total. The van der Waals surface area contributed by atoms with Gasteiger partial charge in [0, 0.05) is 16.1 Å². The molecule has 4 nitrogen and oxygen atoms in total. The molecule has 0 heterocycles. The van der Waals surface area contributed by atoms with Gasteiger partial charge < -0.3 is 14.9 Å². The monoisotopic (exact) mass is 332 g/mol. The highest BCUT2D eigenvalue weighted by molar-refractivity contribution is 6.30. The Morgan fingerprint density at radius 2 is 1.70 bits per heavy atom. The van der Waals surface area contributed by atoms with Crippen LogP contribution in [-0.2, 0) is 0 Å².